The highest BCUT2D eigenvalue weighted by molar-refractivity contribution is 5.92. The predicted molar refractivity (Wildman–Crippen MR) is 115 cm³/mol. The second-order valence-corrected chi connectivity index (χ2v) is 8.05. The maximum atomic E-state index is 13.1. The average molecular weight is 394 g/mol. The molecule has 4 rings (SSSR count). The SMILES string of the molecule is CCC1CCCCN1C(=O)c1ccnc(N2CCN(Cc3ccccc3)CC2)n1. The first-order valence-electron chi connectivity index (χ1n) is 10.9. The molecule has 29 heavy (non-hydrogen) atoms. The molecule has 1 atom stereocenters. The second kappa shape index (κ2) is 9.35. The number of piperazine rings is 1. The quantitative estimate of drug-likeness (QED) is 0.781. The molecule has 2 fully saturated rings. The van der Waals surface area contributed by atoms with Gasteiger partial charge in [-0.1, -0.05) is 37.3 Å². The summed E-state index contributed by atoms with van der Waals surface area (Å²) >= 11 is 0. The van der Waals surface area contributed by atoms with Crippen LogP contribution in [0.3, 0.4) is 0 Å². The molecule has 0 radical (unpaired) electrons. The number of carbonyl (C=O) groups excluding carboxylic acids is 1. The highest BCUT2D eigenvalue weighted by atomic mass is 16.2. The lowest BCUT2D eigenvalue weighted by Gasteiger charge is -2.36. The van der Waals surface area contributed by atoms with Gasteiger partial charge in [0.2, 0.25) is 5.95 Å². The Morgan fingerprint density at radius 2 is 1.83 bits per heavy atom. The molecule has 1 amide bonds. The third-order valence-electron chi connectivity index (χ3n) is 6.13. The van der Waals surface area contributed by atoms with Crippen LogP contribution in [0.4, 0.5) is 5.95 Å². The van der Waals surface area contributed by atoms with Crippen molar-refractivity contribution in [1.29, 1.82) is 0 Å². The second-order valence-electron chi connectivity index (χ2n) is 8.05. The van der Waals surface area contributed by atoms with E-state index in [0.29, 0.717) is 17.7 Å². The fraction of sp³-hybridized carbons (Fsp3) is 0.522. The molecule has 2 aliphatic rings. The van der Waals surface area contributed by atoms with Crippen LogP contribution in [0.1, 0.15) is 48.7 Å². The van der Waals surface area contributed by atoms with Crippen LogP contribution in [0, 0.1) is 0 Å². The number of carbonyl (C=O) groups is 1. The first-order valence-corrected chi connectivity index (χ1v) is 10.9. The van der Waals surface area contributed by atoms with Crippen molar-refractivity contribution in [3.8, 4) is 0 Å². The molecule has 1 aromatic carbocycles. The lowest BCUT2D eigenvalue weighted by atomic mass is 9.99. The lowest BCUT2D eigenvalue weighted by molar-refractivity contribution is 0.0602. The van der Waals surface area contributed by atoms with E-state index < -0.39 is 0 Å². The zero-order chi connectivity index (χ0) is 20.1. The topological polar surface area (TPSA) is 52.6 Å². The van der Waals surface area contributed by atoms with Gasteiger partial charge in [-0.2, -0.15) is 0 Å². The largest absolute Gasteiger partial charge is 0.338 e. The molecule has 154 valence electrons. The summed E-state index contributed by atoms with van der Waals surface area (Å²) in [4.78, 5) is 28.9. The fourth-order valence-corrected chi connectivity index (χ4v) is 4.41. The number of anilines is 1. The van der Waals surface area contributed by atoms with Crippen molar-refractivity contribution in [3.63, 3.8) is 0 Å². The van der Waals surface area contributed by atoms with Gasteiger partial charge in [-0.25, -0.2) is 9.97 Å². The summed E-state index contributed by atoms with van der Waals surface area (Å²) in [6, 6.07) is 12.7. The van der Waals surface area contributed by atoms with Crippen molar-refractivity contribution >= 4 is 11.9 Å². The third kappa shape index (κ3) is 4.75. The van der Waals surface area contributed by atoms with Crippen LogP contribution in [-0.2, 0) is 6.54 Å². The molecular formula is C23H31N5O. The molecule has 1 aromatic heterocycles. The fourth-order valence-electron chi connectivity index (χ4n) is 4.41. The van der Waals surface area contributed by atoms with E-state index in [9.17, 15) is 4.79 Å². The van der Waals surface area contributed by atoms with Crippen molar-refractivity contribution < 1.29 is 4.79 Å². The van der Waals surface area contributed by atoms with E-state index >= 15 is 0 Å². The third-order valence-corrected chi connectivity index (χ3v) is 6.13. The molecule has 1 unspecified atom stereocenters. The molecule has 2 aliphatic heterocycles. The van der Waals surface area contributed by atoms with Gasteiger partial charge < -0.3 is 9.80 Å². The molecule has 2 aromatic rings. The number of piperidine rings is 1. The van der Waals surface area contributed by atoms with Gasteiger partial charge in [-0.3, -0.25) is 9.69 Å². The van der Waals surface area contributed by atoms with E-state index in [1.807, 2.05) is 4.90 Å². The van der Waals surface area contributed by atoms with Crippen LogP contribution in [0.15, 0.2) is 42.6 Å². The summed E-state index contributed by atoms with van der Waals surface area (Å²) in [7, 11) is 0. The number of aromatic nitrogens is 2. The summed E-state index contributed by atoms with van der Waals surface area (Å²) in [6.07, 6.45) is 6.14. The van der Waals surface area contributed by atoms with E-state index in [-0.39, 0.29) is 5.91 Å². The van der Waals surface area contributed by atoms with Gasteiger partial charge in [-0.15, -0.1) is 0 Å². The van der Waals surface area contributed by atoms with Crippen LogP contribution < -0.4 is 4.90 Å². The average Bonchev–Trinajstić information content (AvgIpc) is 2.80. The van der Waals surface area contributed by atoms with Crippen LogP contribution in [-0.4, -0.2) is 64.4 Å². The Bertz CT molecular complexity index is 804. The minimum atomic E-state index is 0.0583. The summed E-state index contributed by atoms with van der Waals surface area (Å²) < 4.78 is 0. The monoisotopic (exact) mass is 393 g/mol. The molecule has 0 spiro atoms. The maximum Gasteiger partial charge on any atom is 0.272 e. The standard InChI is InChI=1S/C23H31N5O/c1-2-20-10-6-7-13-28(20)22(29)21-11-12-24-23(25-21)27-16-14-26(15-17-27)18-19-8-4-3-5-9-19/h3-5,8-9,11-12,20H,2,6-7,10,13-18H2,1H3. The Morgan fingerprint density at radius 3 is 2.59 bits per heavy atom. The molecule has 6 heteroatoms. The molecule has 0 bridgehead atoms. The van der Waals surface area contributed by atoms with Crippen LogP contribution in [0.5, 0.6) is 0 Å². The number of nitrogens with zero attached hydrogens (tertiary/aromatic N) is 5. The molecular weight excluding hydrogens is 362 g/mol. The first-order chi connectivity index (χ1) is 14.2. The summed E-state index contributed by atoms with van der Waals surface area (Å²) in [5.41, 5.74) is 1.87. The molecule has 0 N–H and O–H groups in total. The van der Waals surface area contributed by atoms with Crippen LogP contribution in [0.25, 0.3) is 0 Å². The number of amides is 1. The molecule has 6 nitrogen and oxygen atoms in total. The number of benzene rings is 1. The maximum absolute atomic E-state index is 13.1. The normalized spacial score (nSPS) is 20.7. The Kier molecular flexibility index (Phi) is 6.39. The zero-order valence-corrected chi connectivity index (χ0v) is 17.3. The first kappa shape index (κ1) is 19.8. The van der Waals surface area contributed by atoms with Gasteiger partial charge in [0.1, 0.15) is 5.69 Å². The minimum absolute atomic E-state index is 0.0583. The van der Waals surface area contributed by atoms with Gasteiger partial charge in [0.05, 0.1) is 0 Å². The van der Waals surface area contributed by atoms with Crippen LogP contribution in [0.2, 0.25) is 0 Å². The summed E-state index contributed by atoms with van der Waals surface area (Å²) in [6.45, 7) is 7.69. The highest BCUT2D eigenvalue weighted by Gasteiger charge is 2.28. The number of hydrogen-bond donors (Lipinski definition) is 0. The molecule has 0 saturated carbocycles. The van der Waals surface area contributed by atoms with E-state index in [1.54, 1.807) is 12.3 Å². The minimum Gasteiger partial charge on any atom is -0.338 e. The van der Waals surface area contributed by atoms with E-state index in [2.05, 4.69) is 57.0 Å². The van der Waals surface area contributed by atoms with Crippen molar-refractivity contribution in [2.45, 2.75) is 45.2 Å². The Balaban J connectivity index is 1.38. The van der Waals surface area contributed by atoms with Gasteiger partial charge in [0.15, 0.2) is 0 Å². The van der Waals surface area contributed by atoms with Crippen LogP contribution >= 0.6 is 0 Å². The van der Waals surface area contributed by atoms with Gasteiger partial charge >= 0.3 is 0 Å². The van der Waals surface area contributed by atoms with E-state index in [4.69, 9.17) is 0 Å². The number of rotatable bonds is 5. The van der Waals surface area contributed by atoms with Gasteiger partial charge in [-0.05, 0) is 37.3 Å². The van der Waals surface area contributed by atoms with Gasteiger partial charge in [0.25, 0.3) is 5.91 Å². The Morgan fingerprint density at radius 1 is 1.03 bits per heavy atom. The molecule has 2 saturated heterocycles. The van der Waals surface area contributed by atoms with Crippen molar-refractivity contribution in [2.24, 2.45) is 0 Å². The van der Waals surface area contributed by atoms with Crippen molar-refractivity contribution in [2.75, 3.05) is 37.6 Å². The van der Waals surface area contributed by atoms with Crippen molar-refractivity contribution in [3.05, 3.63) is 53.9 Å². The molecule has 0 aliphatic carbocycles. The zero-order valence-electron chi connectivity index (χ0n) is 17.3. The number of likely N-dealkylation sites (tertiary alicyclic amines) is 1. The Hall–Kier alpha value is -2.47. The molecule has 3 heterocycles. The predicted octanol–water partition coefficient (Wildman–Crippen LogP) is 3.20. The summed E-state index contributed by atoms with van der Waals surface area (Å²) in [5.74, 6) is 0.739. The highest BCUT2D eigenvalue weighted by Crippen LogP contribution is 2.22. The van der Waals surface area contributed by atoms with E-state index in [1.165, 1.54) is 12.0 Å². The van der Waals surface area contributed by atoms with Crippen molar-refractivity contribution in [1.82, 2.24) is 19.8 Å². The smallest absolute Gasteiger partial charge is 0.272 e. The Labute approximate surface area is 173 Å². The summed E-state index contributed by atoms with van der Waals surface area (Å²) in [5, 5.41) is 0. The van der Waals surface area contributed by atoms with Gasteiger partial charge in [0, 0.05) is 51.5 Å². The number of hydrogen-bond acceptors (Lipinski definition) is 5. The van der Waals surface area contributed by atoms with E-state index in [0.717, 1.165) is 58.5 Å². The lowest BCUT2D eigenvalue weighted by Crippen LogP contribution is -2.47.